The number of benzene rings is 2. The van der Waals surface area contributed by atoms with Crippen LogP contribution in [0, 0.1) is 17.1 Å². The minimum absolute atomic E-state index is 0.0516. The molecule has 0 N–H and O–H groups in total. The number of ether oxygens (including phenoxy) is 1. The van der Waals surface area contributed by atoms with Gasteiger partial charge in [-0.25, -0.2) is 8.78 Å². The number of carbonyl (C=O) groups excluding carboxylic acids is 1. The van der Waals surface area contributed by atoms with Crippen molar-refractivity contribution in [1.82, 2.24) is 19.8 Å². The van der Waals surface area contributed by atoms with Crippen molar-refractivity contribution in [2.45, 2.75) is 51.1 Å². The van der Waals surface area contributed by atoms with Crippen molar-refractivity contribution in [3.63, 3.8) is 0 Å². The first-order valence-corrected chi connectivity index (χ1v) is 16.2. The van der Waals surface area contributed by atoms with Crippen LogP contribution in [0.1, 0.15) is 43.9 Å². The Morgan fingerprint density at radius 3 is 2.48 bits per heavy atom. The van der Waals surface area contributed by atoms with Crippen LogP contribution in [0.15, 0.2) is 42.7 Å². The van der Waals surface area contributed by atoms with Gasteiger partial charge in [-0.05, 0) is 62.7 Å². The largest absolute Gasteiger partial charge is 0.461 e. The second-order valence-corrected chi connectivity index (χ2v) is 12.7. The van der Waals surface area contributed by atoms with Crippen molar-refractivity contribution in [2.24, 2.45) is 0 Å². The van der Waals surface area contributed by atoms with Crippen molar-refractivity contribution in [1.29, 1.82) is 5.26 Å². The number of fused-ring (bicyclic) bond motifs is 3. The molecule has 5 heterocycles. The van der Waals surface area contributed by atoms with Crippen LogP contribution < -0.4 is 14.5 Å². The van der Waals surface area contributed by atoms with Gasteiger partial charge in [0.2, 0.25) is 0 Å². The third kappa shape index (κ3) is 6.08. The lowest BCUT2D eigenvalue weighted by molar-refractivity contribution is -0.128. The SMILES string of the molecule is C=C(F)C(=O)N1CCN(c2nc(OCC34CCCN3CCC4)nc3c2CCN(c2cccc4ccc(F)c(Cl)c24)C3)CC1.CC#N. The van der Waals surface area contributed by atoms with Crippen LogP contribution in [-0.2, 0) is 17.8 Å². The zero-order chi connectivity index (χ0) is 32.4. The summed E-state index contributed by atoms with van der Waals surface area (Å²) in [7, 11) is 0. The number of nitrogens with zero attached hydrogens (tertiary/aromatic N) is 7. The normalized spacial score (nSPS) is 18.8. The second kappa shape index (κ2) is 13.4. The number of nitriles is 1. The Bertz CT molecular complexity index is 1680. The molecule has 2 aromatic carbocycles. The molecule has 9 nitrogen and oxygen atoms in total. The smallest absolute Gasteiger partial charge is 0.318 e. The Morgan fingerprint density at radius 2 is 1.78 bits per heavy atom. The van der Waals surface area contributed by atoms with Crippen LogP contribution in [0.3, 0.4) is 0 Å². The number of carbonyl (C=O) groups is 1. The monoisotopic (exact) mass is 649 g/mol. The summed E-state index contributed by atoms with van der Waals surface area (Å²) in [4.78, 5) is 30.5. The third-order valence-corrected chi connectivity index (χ3v) is 10.0. The maximum absolute atomic E-state index is 14.5. The van der Waals surface area contributed by atoms with E-state index in [9.17, 15) is 13.6 Å². The van der Waals surface area contributed by atoms with E-state index in [-0.39, 0.29) is 10.6 Å². The molecule has 3 fully saturated rings. The summed E-state index contributed by atoms with van der Waals surface area (Å²) in [5.74, 6) is -1.24. The standard InChI is InChI=1S/C32H35ClF2N6O2.C2H3N/c1-21(34)30(42)39-17-15-38(16-18-39)29-23-9-14-40(26-6-2-5-22-7-8-24(35)28(33)27(22)26)19-25(23)36-31(37-29)43-20-32-10-3-12-41(32)13-4-11-32;1-2-3/h2,5-8H,1,3-4,9-20H2;1H3. The maximum atomic E-state index is 14.5. The summed E-state index contributed by atoms with van der Waals surface area (Å²) in [6.45, 7) is 10.3. The molecular formula is C34H38ClF2N7O2. The van der Waals surface area contributed by atoms with E-state index in [1.165, 1.54) is 30.7 Å². The van der Waals surface area contributed by atoms with E-state index in [2.05, 4.69) is 21.3 Å². The number of hydrogen-bond acceptors (Lipinski definition) is 8. The van der Waals surface area contributed by atoms with Crippen molar-refractivity contribution in [3.8, 4) is 12.1 Å². The predicted molar refractivity (Wildman–Crippen MR) is 174 cm³/mol. The number of amides is 1. The van der Waals surface area contributed by atoms with Gasteiger partial charge in [0.15, 0.2) is 5.83 Å². The number of halogens is 3. The van der Waals surface area contributed by atoms with Gasteiger partial charge in [-0.3, -0.25) is 9.69 Å². The molecule has 46 heavy (non-hydrogen) atoms. The number of rotatable bonds is 6. The minimum Gasteiger partial charge on any atom is -0.461 e. The van der Waals surface area contributed by atoms with Gasteiger partial charge >= 0.3 is 6.01 Å². The maximum Gasteiger partial charge on any atom is 0.318 e. The molecule has 3 saturated heterocycles. The molecule has 0 bridgehead atoms. The Morgan fingerprint density at radius 1 is 1.07 bits per heavy atom. The zero-order valence-corrected chi connectivity index (χ0v) is 26.8. The summed E-state index contributed by atoms with van der Waals surface area (Å²) in [6, 6.07) is 11.1. The van der Waals surface area contributed by atoms with E-state index in [1.54, 1.807) is 12.1 Å². The number of anilines is 2. The third-order valence-electron chi connectivity index (χ3n) is 9.66. The van der Waals surface area contributed by atoms with Crippen molar-refractivity contribution in [3.05, 3.63) is 64.8 Å². The molecule has 7 rings (SSSR count). The lowest BCUT2D eigenvalue weighted by atomic mass is 9.95. The number of aromatic nitrogens is 2. The highest BCUT2D eigenvalue weighted by Gasteiger charge is 2.45. The molecule has 0 unspecified atom stereocenters. The van der Waals surface area contributed by atoms with Gasteiger partial charge in [0, 0.05) is 56.3 Å². The first-order valence-electron chi connectivity index (χ1n) is 15.8. The topological polar surface area (TPSA) is 88.8 Å². The van der Waals surface area contributed by atoms with Gasteiger partial charge in [-0.1, -0.05) is 36.4 Å². The zero-order valence-electron chi connectivity index (χ0n) is 26.1. The van der Waals surface area contributed by atoms with Crippen LogP contribution >= 0.6 is 11.6 Å². The summed E-state index contributed by atoms with van der Waals surface area (Å²) in [5, 5.41) is 9.00. The summed E-state index contributed by atoms with van der Waals surface area (Å²) in [5.41, 5.74) is 2.81. The molecule has 242 valence electrons. The fourth-order valence-electron chi connectivity index (χ4n) is 7.43. The first kappa shape index (κ1) is 32.0. The van der Waals surface area contributed by atoms with E-state index >= 15 is 0 Å². The summed E-state index contributed by atoms with van der Waals surface area (Å²) < 4.78 is 34.5. The van der Waals surface area contributed by atoms with Crippen LogP contribution in [0.4, 0.5) is 20.3 Å². The average molecular weight is 650 g/mol. The summed E-state index contributed by atoms with van der Waals surface area (Å²) >= 11 is 6.49. The van der Waals surface area contributed by atoms with Crippen LogP contribution in [0.5, 0.6) is 6.01 Å². The fraction of sp³-hybridized carbons (Fsp3) is 0.471. The Kier molecular flexibility index (Phi) is 9.29. The molecule has 4 aliphatic rings. The molecular weight excluding hydrogens is 612 g/mol. The van der Waals surface area contributed by atoms with Crippen LogP contribution in [0.25, 0.3) is 10.8 Å². The Labute approximate surface area is 273 Å². The quantitative estimate of drug-likeness (QED) is 0.317. The van der Waals surface area contributed by atoms with Gasteiger partial charge in [0.1, 0.15) is 18.2 Å². The van der Waals surface area contributed by atoms with E-state index < -0.39 is 17.6 Å². The second-order valence-electron chi connectivity index (χ2n) is 12.3. The molecule has 1 amide bonds. The fourth-order valence-corrected chi connectivity index (χ4v) is 7.70. The van der Waals surface area contributed by atoms with E-state index in [0.29, 0.717) is 63.7 Å². The lowest BCUT2D eigenvalue weighted by Crippen LogP contribution is -2.49. The van der Waals surface area contributed by atoms with Gasteiger partial charge in [-0.2, -0.15) is 15.2 Å². The van der Waals surface area contributed by atoms with E-state index in [4.69, 9.17) is 31.6 Å². The van der Waals surface area contributed by atoms with Crippen molar-refractivity contribution >= 4 is 39.8 Å². The Hall–Kier alpha value is -4.01. The molecule has 0 spiro atoms. The van der Waals surface area contributed by atoms with Crippen molar-refractivity contribution < 1.29 is 18.3 Å². The molecule has 0 atom stereocenters. The molecule has 3 aromatic rings. The summed E-state index contributed by atoms with van der Waals surface area (Å²) in [6.07, 6.45) is 5.26. The molecule has 1 aromatic heterocycles. The highest BCUT2D eigenvalue weighted by atomic mass is 35.5. The molecule has 0 saturated carbocycles. The van der Waals surface area contributed by atoms with E-state index in [1.807, 2.05) is 18.2 Å². The number of hydrogen-bond donors (Lipinski definition) is 0. The average Bonchev–Trinajstić information content (AvgIpc) is 3.65. The van der Waals surface area contributed by atoms with Gasteiger partial charge < -0.3 is 19.4 Å². The van der Waals surface area contributed by atoms with Gasteiger partial charge in [0.05, 0.1) is 28.9 Å². The van der Waals surface area contributed by atoms with E-state index in [0.717, 1.165) is 54.1 Å². The number of piperazine rings is 1. The molecule has 4 aliphatic heterocycles. The van der Waals surface area contributed by atoms with Crippen LogP contribution in [-0.4, -0.2) is 83.6 Å². The lowest BCUT2D eigenvalue weighted by Gasteiger charge is -2.38. The first-order chi connectivity index (χ1) is 22.2. The Balaban J connectivity index is 0.00000119. The van der Waals surface area contributed by atoms with Crippen molar-refractivity contribution in [2.75, 3.05) is 62.2 Å². The predicted octanol–water partition coefficient (Wildman–Crippen LogP) is 5.65. The van der Waals surface area contributed by atoms with Gasteiger partial charge in [-0.15, -0.1) is 0 Å². The van der Waals surface area contributed by atoms with Crippen LogP contribution in [0.2, 0.25) is 5.02 Å². The molecule has 12 heteroatoms. The molecule has 0 radical (unpaired) electrons. The highest BCUT2D eigenvalue weighted by molar-refractivity contribution is 6.36. The molecule has 0 aliphatic carbocycles. The highest BCUT2D eigenvalue weighted by Crippen LogP contribution is 2.40. The minimum atomic E-state index is -0.940. The van der Waals surface area contributed by atoms with Gasteiger partial charge in [0.25, 0.3) is 5.91 Å².